The summed E-state index contributed by atoms with van der Waals surface area (Å²) < 4.78 is 5.21. The first kappa shape index (κ1) is 11.2. The van der Waals surface area contributed by atoms with Gasteiger partial charge < -0.3 is 4.74 Å². The molecule has 0 bridgehead atoms. The van der Waals surface area contributed by atoms with Crippen molar-refractivity contribution >= 4 is 23.3 Å². The molecular formula is C10H15NO2S. The minimum absolute atomic E-state index is 0.0752. The van der Waals surface area contributed by atoms with Crippen LogP contribution >= 0.6 is 12.2 Å². The average molecular weight is 213 g/mol. The van der Waals surface area contributed by atoms with E-state index in [1.165, 1.54) is 6.08 Å². The Balaban J connectivity index is 2.81. The van der Waals surface area contributed by atoms with Gasteiger partial charge in [-0.25, -0.2) is 0 Å². The van der Waals surface area contributed by atoms with Crippen LogP contribution in [0.4, 0.5) is 0 Å². The van der Waals surface area contributed by atoms with Gasteiger partial charge in [-0.1, -0.05) is 19.9 Å². The summed E-state index contributed by atoms with van der Waals surface area (Å²) in [5.74, 6) is 0.262. The van der Waals surface area contributed by atoms with Crippen LogP contribution < -0.4 is 0 Å². The Hall–Kier alpha value is -0.900. The van der Waals surface area contributed by atoms with Crippen LogP contribution in [0, 0.1) is 5.92 Å². The quantitative estimate of drug-likeness (QED) is 0.517. The fraction of sp³-hybridized carbons (Fsp3) is 0.600. The van der Waals surface area contributed by atoms with Gasteiger partial charge in [0, 0.05) is 0 Å². The van der Waals surface area contributed by atoms with Crippen molar-refractivity contribution in [1.82, 2.24) is 4.90 Å². The molecule has 1 atom stereocenters. The SMILES string of the molecule is C/C=C/C(=O)N1C(=S)OC[C@@H]1C(C)C. The monoisotopic (exact) mass is 213 g/mol. The van der Waals surface area contributed by atoms with E-state index >= 15 is 0 Å². The molecular weight excluding hydrogens is 198 g/mol. The molecule has 0 spiro atoms. The van der Waals surface area contributed by atoms with Crippen molar-refractivity contribution in [2.75, 3.05) is 6.61 Å². The van der Waals surface area contributed by atoms with Gasteiger partial charge >= 0.3 is 0 Å². The highest BCUT2D eigenvalue weighted by Crippen LogP contribution is 2.19. The van der Waals surface area contributed by atoms with E-state index in [1.54, 1.807) is 11.0 Å². The summed E-state index contributed by atoms with van der Waals surface area (Å²) in [5, 5.41) is 0.298. The molecule has 0 aromatic heterocycles. The maximum absolute atomic E-state index is 11.6. The molecule has 1 rings (SSSR count). The Morgan fingerprint density at radius 3 is 2.86 bits per heavy atom. The van der Waals surface area contributed by atoms with Gasteiger partial charge in [0.25, 0.3) is 11.1 Å². The Morgan fingerprint density at radius 2 is 2.36 bits per heavy atom. The summed E-state index contributed by atoms with van der Waals surface area (Å²) in [6.45, 7) is 6.43. The van der Waals surface area contributed by atoms with Crippen molar-refractivity contribution in [3.05, 3.63) is 12.2 Å². The van der Waals surface area contributed by atoms with E-state index in [0.717, 1.165) is 0 Å². The van der Waals surface area contributed by atoms with E-state index in [-0.39, 0.29) is 11.9 Å². The summed E-state index contributed by atoms with van der Waals surface area (Å²) in [6.07, 6.45) is 3.22. The van der Waals surface area contributed by atoms with Crippen molar-refractivity contribution in [2.45, 2.75) is 26.8 Å². The van der Waals surface area contributed by atoms with E-state index in [1.807, 2.05) is 6.92 Å². The highest BCUT2D eigenvalue weighted by molar-refractivity contribution is 7.80. The van der Waals surface area contributed by atoms with Crippen molar-refractivity contribution in [2.24, 2.45) is 5.92 Å². The van der Waals surface area contributed by atoms with Gasteiger partial charge in [0.05, 0.1) is 6.04 Å². The number of hydrogen-bond acceptors (Lipinski definition) is 3. The van der Waals surface area contributed by atoms with Crippen molar-refractivity contribution in [3.8, 4) is 0 Å². The molecule has 0 radical (unpaired) electrons. The van der Waals surface area contributed by atoms with E-state index in [4.69, 9.17) is 17.0 Å². The zero-order valence-corrected chi connectivity index (χ0v) is 9.50. The van der Waals surface area contributed by atoms with Gasteiger partial charge in [0.1, 0.15) is 6.61 Å². The Bertz CT molecular complexity index is 273. The topological polar surface area (TPSA) is 29.5 Å². The number of nitrogens with zero attached hydrogens (tertiary/aromatic N) is 1. The fourth-order valence-electron chi connectivity index (χ4n) is 1.40. The van der Waals surface area contributed by atoms with Gasteiger partial charge in [-0.15, -0.1) is 0 Å². The Kier molecular flexibility index (Phi) is 3.63. The second-order valence-corrected chi connectivity index (χ2v) is 3.95. The molecule has 0 aromatic carbocycles. The smallest absolute Gasteiger partial charge is 0.266 e. The van der Waals surface area contributed by atoms with E-state index in [9.17, 15) is 4.79 Å². The first-order chi connectivity index (χ1) is 6.57. The Morgan fingerprint density at radius 1 is 1.71 bits per heavy atom. The van der Waals surface area contributed by atoms with Crippen molar-refractivity contribution in [1.29, 1.82) is 0 Å². The summed E-state index contributed by atoms with van der Waals surface area (Å²) in [6, 6.07) is 0.0752. The van der Waals surface area contributed by atoms with Crippen molar-refractivity contribution < 1.29 is 9.53 Å². The van der Waals surface area contributed by atoms with Gasteiger partial charge in [-0.05, 0) is 31.1 Å². The molecule has 0 unspecified atom stereocenters. The largest absolute Gasteiger partial charge is 0.468 e. The standard InChI is InChI=1S/C10H15NO2S/c1-4-5-9(12)11-8(7(2)3)6-13-10(11)14/h4-5,7-8H,6H2,1-3H3/b5-4+/t8-/m1/s1. The second-order valence-electron chi connectivity index (χ2n) is 3.60. The lowest BCUT2D eigenvalue weighted by Gasteiger charge is -2.22. The molecule has 1 aliphatic rings. The number of ether oxygens (including phenoxy) is 1. The van der Waals surface area contributed by atoms with Gasteiger partial charge in [-0.2, -0.15) is 0 Å². The number of amides is 1. The molecule has 3 nitrogen and oxygen atoms in total. The lowest BCUT2D eigenvalue weighted by molar-refractivity contribution is -0.123. The molecule has 14 heavy (non-hydrogen) atoms. The van der Waals surface area contributed by atoms with E-state index in [0.29, 0.717) is 17.7 Å². The number of thiocarbonyl (C=S) groups is 1. The Labute approximate surface area is 89.7 Å². The molecule has 4 heteroatoms. The molecule has 1 fully saturated rings. The maximum atomic E-state index is 11.6. The minimum Gasteiger partial charge on any atom is -0.468 e. The number of allylic oxidation sites excluding steroid dienone is 1. The third-order valence-electron chi connectivity index (χ3n) is 2.22. The maximum Gasteiger partial charge on any atom is 0.266 e. The van der Waals surface area contributed by atoms with Gasteiger partial charge in [0.2, 0.25) is 0 Å². The predicted octanol–water partition coefficient (Wildman–Crippen LogP) is 1.73. The lowest BCUT2D eigenvalue weighted by atomic mass is 10.0. The molecule has 0 aromatic rings. The molecule has 0 saturated carbocycles. The molecule has 1 heterocycles. The highest BCUT2D eigenvalue weighted by Gasteiger charge is 2.35. The van der Waals surface area contributed by atoms with Crippen molar-refractivity contribution in [3.63, 3.8) is 0 Å². The molecule has 1 aliphatic heterocycles. The molecule has 0 aliphatic carbocycles. The van der Waals surface area contributed by atoms with Crippen LogP contribution in [0.25, 0.3) is 0 Å². The summed E-state index contributed by atoms with van der Waals surface area (Å²) in [7, 11) is 0. The van der Waals surface area contributed by atoms with Crippen LogP contribution in [-0.2, 0) is 9.53 Å². The van der Waals surface area contributed by atoms with E-state index < -0.39 is 0 Å². The number of rotatable bonds is 2. The average Bonchev–Trinajstić information content (AvgIpc) is 2.47. The van der Waals surface area contributed by atoms with Crippen LogP contribution in [-0.4, -0.2) is 28.6 Å². The van der Waals surface area contributed by atoms with Crippen LogP contribution in [0.15, 0.2) is 12.2 Å². The zero-order valence-electron chi connectivity index (χ0n) is 8.69. The third kappa shape index (κ3) is 2.12. The summed E-state index contributed by atoms with van der Waals surface area (Å²) in [5.41, 5.74) is 0. The first-order valence-electron chi connectivity index (χ1n) is 4.70. The van der Waals surface area contributed by atoms with Crippen LogP contribution in [0.2, 0.25) is 0 Å². The highest BCUT2D eigenvalue weighted by atomic mass is 32.1. The molecule has 78 valence electrons. The number of carbonyl (C=O) groups is 1. The summed E-state index contributed by atoms with van der Waals surface area (Å²) in [4.78, 5) is 13.2. The number of carbonyl (C=O) groups excluding carboxylic acids is 1. The minimum atomic E-state index is -0.0892. The van der Waals surface area contributed by atoms with Gasteiger partial charge in [0.15, 0.2) is 0 Å². The molecule has 1 amide bonds. The fourth-order valence-corrected chi connectivity index (χ4v) is 1.70. The second kappa shape index (κ2) is 4.55. The van der Waals surface area contributed by atoms with Crippen LogP contribution in [0.5, 0.6) is 0 Å². The summed E-state index contributed by atoms with van der Waals surface area (Å²) >= 11 is 4.98. The molecule has 1 saturated heterocycles. The lowest BCUT2D eigenvalue weighted by Crippen LogP contribution is -2.40. The molecule has 0 N–H and O–H groups in total. The van der Waals surface area contributed by atoms with Crippen LogP contribution in [0.1, 0.15) is 20.8 Å². The number of hydrogen-bond donors (Lipinski definition) is 0. The van der Waals surface area contributed by atoms with Gasteiger partial charge in [-0.3, -0.25) is 9.69 Å². The normalized spacial score (nSPS) is 22.1. The first-order valence-corrected chi connectivity index (χ1v) is 5.11. The zero-order chi connectivity index (χ0) is 10.7. The van der Waals surface area contributed by atoms with Crippen LogP contribution in [0.3, 0.4) is 0 Å². The predicted molar refractivity (Wildman–Crippen MR) is 58.8 cm³/mol. The van der Waals surface area contributed by atoms with E-state index in [2.05, 4.69) is 13.8 Å². The third-order valence-corrected chi connectivity index (χ3v) is 2.54.